The minimum Gasteiger partial charge on any atom is -0.312 e. The molecule has 0 fully saturated rings. The minimum atomic E-state index is 0.330. The summed E-state index contributed by atoms with van der Waals surface area (Å²) in [6.45, 7) is 3.73. The van der Waals surface area contributed by atoms with Crippen molar-refractivity contribution in [3.05, 3.63) is 41.7 Å². The molecule has 94 valence electrons. The van der Waals surface area contributed by atoms with Gasteiger partial charge in [0.05, 0.1) is 10.7 Å². The number of allylic oxidation sites excluding steroid dienone is 1. The third-order valence-corrected chi connectivity index (χ3v) is 3.08. The Morgan fingerprint density at radius 2 is 2.24 bits per heavy atom. The van der Waals surface area contributed by atoms with Gasteiger partial charge in [-0.3, -0.25) is 4.98 Å². The second-order valence-electron chi connectivity index (χ2n) is 4.17. The van der Waals surface area contributed by atoms with Gasteiger partial charge in [-0.1, -0.05) is 30.5 Å². The van der Waals surface area contributed by atoms with Gasteiger partial charge in [-0.25, -0.2) is 0 Å². The lowest BCUT2D eigenvalue weighted by Gasteiger charge is -2.15. The van der Waals surface area contributed by atoms with Crippen LogP contribution in [0.4, 0.5) is 0 Å². The zero-order valence-electron chi connectivity index (χ0n) is 10.5. The standard InChI is InChI=1S/C14H21ClN2/c1-3-4-5-6-7-8-13(16-2)14-10-9-12(15)11-17-14/h3,9-11,13,16H,1,4-8H2,2H3. The first-order valence-electron chi connectivity index (χ1n) is 6.17. The Balaban J connectivity index is 2.37. The lowest BCUT2D eigenvalue weighted by atomic mass is 10.0. The monoisotopic (exact) mass is 252 g/mol. The number of hydrogen-bond donors (Lipinski definition) is 1. The molecular formula is C14H21ClN2. The fourth-order valence-corrected chi connectivity index (χ4v) is 1.96. The van der Waals surface area contributed by atoms with E-state index in [1.54, 1.807) is 6.20 Å². The summed E-state index contributed by atoms with van der Waals surface area (Å²) in [7, 11) is 1.98. The van der Waals surface area contributed by atoms with Crippen LogP contribution in [0, 0.1) is 0 Å². The predicted octanol–water partition coefficient (Wildman–Crippen LogP) is 4.13. The van der Waals surface area contributed by atoms with Gasteiger partial charge in [0.15, 0.2) is 0 Å². The molecule has 3 heteroatoms. The Bertz CT molecular complexity index is 321. The van der Waals surface area contributed by atoms with Crippen LogP contribution in [-0.4, -0.2) is 12.0 Å². The van der Waals surface area contributed by atoms with Gasteiger partial charge >= 0.3 is 0 Å². The summed E-state index contributed by atoms with van der Waals surface area (Å²) >= 11 is 5.83. The predicted molar refractivity (Wildman–Crippen MR) is 74.3 cm³/mol. The molecule has 0 aliphatic heterocycles. The minimum absolute atomic E-state index is 0.330. The number of nitrogens with zero attached hydrogens (tertiary/aromatic N) is 1. The summed E-state index contributed by atoms with van der Waals surface area (Å²) in [4.78, 5) is 4.35. The maximum Gasteiger partial charge on any atom is 0.0589 e. The van der Waals surface area contributed by atoms with Crippen molar-refractivity contribution in [1.82, 2.24) is 10.3 Å². The topological polar surface area (TPSA) is 24.9 Å². The van der Waals surface area contributed by atoms with Gasteiger partial charge in [0.25, 0.3) is 0 Å². The maximum absolute atomic E-state index is 5.83. The lowest BCUT2D eigenvalue weighted by molar-refractivity contribution is 0.498. The Morgan fingerprint density at radius 1 is 1.41 bits per heavy atom. The van der Waals surface area contributed by atoms with Crippen LogP contribution >= 0.6 is 11.6 Å². The second-order valence-corrected chi connectivity index (χ2v) is 4.61. The van der Waals surface area contributed by atoms with Crippen molar-refractivity contribution in [3.63, 3.8) is 0 Å². The second kappa shape index (κ2) is 8.26. The fourth-order valence-electron chi connectivity index (χ4n) is 1.85. The molecule has 1 unspecified atom stereocenters. The molecule has 0 spiro atoms. The third kappa shape index (κ3) is 5.33. The van der Waals surface area contributed by atoms with E-state index in [0.29, 0.717) is 11.1 Å². The number of unbranched alkanes of at least 4 members (excludes halogenated alkanes) is 3. The molecule has 1 heterocycles. The molecule has 1 N–H and O–H groups in total. The van der Waals surface area contributed by atoms with Gasteiger partial charge in [-0.05, 0) is 38.4 Å². The molecule has 0 radical (unpaired) electrons. The number of nitrogens with one attached hydrogen (secondary N) is 1. The van der Waals surface area contributed by atoms with Gasteiger partial charge in [-0.15, -0.1) is 6.58 Å². The van der Waals surface area contributed by atoms with E-state index in [2.05, 4.69) is 16.9 Å². The maximum atomic E-state index is 5.83. The lowest BCUT2D eigenvalue weighted by Crippen LogP contribution is -2.17. The summed E-state index contributed by atoms with van der Waals surface area (Å²) in [6, 6.07) is 4.22. The molecule has 0 bridgehead atoms. The summed E-state index contributed by atoms with van der Waals surface area (Å²) in [5.74, 6) is 0. The number of rotatable bonds is 8. The molecule has 0 saturated carbocycles. The molecule has 0 aliphatic rings. The normalized spacial score (nSPS) is 12.4. The van der Waals surface area contributed by atoms with E-state index >= 15 is 0 Å². The molecule has 1 rings (SSSR count). The van der Waals surface area contributed by atoms with Crippen LogP contribution in [0.5, 0.6) is 0 Å². The number of halogens is 1. The highest BCUT2D eigenvalue weighted by molar-refractivity contribution is 6.30. The molecular weight excluding hydrogens is 232 g/mol. The molecule has 17 heavy (non-hydrogen) atoms. The first kappa shape index (κ1) is 14.2. The third-order valence-electron chi connectivity index (χ3n) is 2.86. The highest BCUT2D eigenvalue weighted by atomic mass is 35.5. The van der Waals surface area contributed by atoms with Crippen molar-refractivity contribution >= 4 is 11.6 Å². The molecule has 2 nitrogen and oxygen atoms in total. The highest BCUT2D eigenvalue weighted by Gasteiger charge is 2.09. The number of hydrogen-bond acceptors (Lipinski definition) is 2. The number of pyridine rings is 1. The van der Waals surface area contributed by atoms with Crippen LogP contribution in [-0.2, 0) is 0 Å². The Labute approximate surface area is 109 Å². The van der Waals surface area contributed by atoms with Crippen LogP contribution in [0.15, 0.2) is 31.0 Å². The van der Waals surface area contributed by atoms with Crippen molar-refractivity contribution in [2.75, 3.05) is 7.05 Å². The van der Waals surface area contributed by atoms with Crippen molar-refractivity contribution in [2.45, 2.75) is 38.1 Å². The molecule has 1 aromatic rings. The smallest absolute Gasteiger partial charge is 0.0589 e. The summed E-state index contributed by atoms with van der Waals surface area (Å²) < 4.78 is 0. The Kier molecular flexibility index (Phi) is 6.90. The average Bonchev–Trinajstić information content (AvgIpc) is 2.35. The van der Waals surface area contributed by atoms with E-state index in [-0.39, 0.29) is 0 Å². The van der Waals surface area contributed by atoms with Crippen LogP contribution in [0.3, 0.4) is 0 Å². The zero-order chi connectivity index (χ0) is 12.5. The summed E-state index contributed by atoms with van der Waals surface area (Å²) in [5, 5.41) is 3.99. The highest BCUT2D eigenvalue weighted by Crippen LogP contribution is 2.19. The summed E-state index contributed by atoms with van der Waals surface area (Å²) in [6.07, 6.45) is 9.61. The molecule has 0 saturated heterocycles. The van der Waals surface area contributed by atoms with E-state index in [9.17, 15) is 0 Å². The summed E-state index contributed by atoms with van der Waals surface area (Å²) in [5.41, 5.74) is 1.07. The largest absolute Gasteiger partial charge is 0.312 e. The molecule has 0 amide bonds. The fraction of sp³-hybridized carbons (Fsp3) is 0.500. The van der Waals surface area contributed by atoms with Crippen LogP contribution < -0.4 is 5.32 Å². The van der Waals surface area contributed by atoms with E-state index in [4.69, 9.17) is 11.6 Å². The Morgan fingerprint density at radius 3 is 2.82 bits per heavy atom. The van der Waals surface area contributed by atoms with Gasteiger partial charge in [-0.2, -0.15) is 0 Å². The van der Waals surface area contributed by atoms with Crippen molar-refractivity contribution in [1.29, 1.82) is 0 Å². The first-order chi connectivity index (χ1) is 8.27. The van der Waals surface area contributed by atoms with Gasteiger partial charge in [0, 0.05) is 12.2 Å². The quantitative estimate of drug-likeness (QED) is 0.556. The molecule has 1 aromatic heterocycles. The van der Waals surface area contributed by atoms with E-state index < -0.39 is 0 Å². The Hall–Kier alpha value is -0.860. The number of aromatic nitrogens is 1. The zero-order valence-corrected chi connectivity index (χ0v) is 11.2. The SMILES string of the molecule is C=CCCCCCC(NC)c1ccc(Cl)cn1. The van der Waals surface area contributed by atoms with E-state index in [1.807, 2.05) is 25.3 Å². The van der Waals surface area contributed by atoms with Gasteiger partial charge in [0.2, 0.25) is 0 Å². The molecule has 1 atom stereocenters. The molecule has 0 aromatic carbocycles. The van der Waals surface area contributed by atoms with Crippen LogP contribution in [0.1, 0.15) is 43.8 Å². The van der Waals surface area contributed by atoms with Crippen molar-refractivity contribution in [3.8, 4) is 0 Å². The van der Waals surface area contributed by atoms with Crippen molar-refractivity contribution < 1.29 is 0 Å². The van der Waals surface area contributed by atoms with Crippen molar-refractivity contribution in [2.24, 2.45) is 0 Å². The van der Waals surface area contributed by atoms with Crippen LogP contribution in [0.2, 0.25) is 5.02 Å². The van der Waals surface area contributed by atoms with E-state index in [0.717, 1.165) is 18.5 Å². The van der Waals surface area contributed by atoms with Crippen LogP contribution in [0.25, 0.3) is 0 Å². The van der Waals surface area contributed by atoms with Gasteiger partial charge in [0.1, 0.15) is 0 Å². The molecule has 0 aliphatic carbocycles. The van der Waals surface area contributed by atoms with Gasteiger partial charge < -0.3 is 5.32 Å². The first-order valence-corrected chi connectivity index (χ1v) is 6.55. The van der Waals surface area contributed by atoms with E-state index in [1.165, 1.54) is 19.3 Å². The average molecular weight is 253 g/mol.